The topological polar surface area (TPSA) is 26.0 Å². The van der Waals surface area contributed by atoms with Gasteiger partial charge in [-0.25, -0.2) is 0 Å². The van der Waals surface area contributed by atoms with E-state index in [9.17, 15) is 0 Å². The number of benzene rings is 1. The summed E-state index contributed by atoms with van der Waals surface area (Å²) in [6, 6.07) is 8.85. The minimum absolute atomic E-state index is 0.0143. The molecule has 2 rings (SSSR count). The third-order valence-electron chi connectivity index (χ3n) is 4.86. The van der Waals surface area contributed by atoms with E-state index >= 15 is 0 Å². The van der Waals surface area contributed by atoms with Gasteiger partial charge in [0.05, 0.1) is 0 Å². The van der Waals surface area contributed by atoms with Crippen LogP contribution in [0.25, 0.3) is 0 Å². The average Bonchev–Trinajstić information content (AvgIpc) is 2.27. The highest BCUT2D eigenvalue weighted by molar-refractivity contribution is 5.24. The number of nitrogens with two attached hydrogens (primary N) is 1. The van der Waals surface area contributed by atoms with Crippen LogP contribution in [-0.4, -0.2) is 5.54 Å². The molecule has 3 atom stereocenters. The first kappa shape index (κ1) is 14.6. The lowest BCUT2D eigenvalue weighted by molar-refractivity contribution is 0.109. The second kappa shape index (κ2) is 5.66. The summed E-state index contributed by atoms with van der Waals surface area (Å²) in [6.45, 7) is 9.18. The predicted molar refractivity (Wildman–Crippen MR) is 83.1 cm³/mol. The average molecular weight is 259 g/mol. The molecule has 0 amide bonds. The molecule has 106 valence electrons. The lowest BCUT2D eigenvalue weighted by Gasteiger charge is -2.46. The van der Waals surface area contributed by atoms with E-state index in [0.717, 1.165) is 12.3 Å². The SMILES string of the molecule is Cc1cccc(CC2(N)CC(C)CCC2C(C)C)c1. The maximum Gasteiger partial charge on any atom is 0.0228 e. The Morgan fingerprint density at radius 3 is 2.68 bits per heavy atom. The Bertz CT molecular complexity index is 423. The number of hydrogen-bond acceptors (Lipinski definition) is 1. The third kappa shape index (κ3) is 3.39. The number of rotatable bonds is 3. The quantitative estimate of drug-likeness (QED) is 0.859. The lowest BCUT2D eigenvalue weighted by Crippen LogP contribution is -2.54. The zero-order valence-corrected chi connectivity index (χ0v) is 12.9. The van der Waals surface area contributed by atoms with E-state index in [1.54, 1.807) is 0 Å². The molecule has 0 spiro atoms. The van der Waals surface area contributed by atoms with E-state index in [1.165, 1.54) is 30.4 Å². The molecule has 0 bridgehead atoms. The molecule has 19 heavy (non-hydrogen) atoms. The van der Waals surface area contributed by atoms with E-state index in [2.05, 4.69) is 52.0 Å². The van der Waals surface area contributed by atoms with Crippen LogP contribution in [0.5, 0.6) is 0 Å². The fourth-order valence-corrected chi connectivity index (χ4v) is 4.06. The maximum atomic E-state index is 6.88. The summed E-state index contributed by atoms with van der Waals surface area (Å²) in [5, 5.41) is 0. The van der Waals surface area contributed by atoms with Gasteiger partial charge >= 0.3 is 0 Å². The molecule has 0 radical (unpaired) electrons. The highest BCUT2D eigenvalue weighted by Crippen LogP contribution is 2.41. The summed E-state index contributed by atoms with van der Waals surface area (Å²) in [7, 11) is 0. The summed E-state index contributed by atoms with van der Waals surface area (Å²) in [4.78, 5) is 0. The number of hydrogen-bond donors (Lipinski definition) is 1. The third-order valence-corrected chi connectivity index (χ3v) is 4.86. The largest absolute Gasteiger partial charge is 0.325 e. The van der Waals surface area contributed by atoms with Crippen molar-refractivity contribution in [1.29, 1.82) is 0 Å². The molecule has 0 aromatic heterocycles. The smallest absolute Gasteiger partial charge is 0.0228 e. The van der Waals surface area contributed by atoms with Crippen molar-refractivity contribution in [2.75, 3.05) is 0 Å². The van der Waals surface area contributed by atoms with Crippen LogP contribution in [0.4, 0.5) is 0 Å². The number of aryl methyl sites for hydroxylation is 1. The van der Waals surface area contributed by atoms with Gasteiger partial charge in [0, 0.05) is 5.54 Å². The van der Waals surface area contributed by atoms with E-state index in [-0.39, 0.29) is 5.54 Å². The Kier molecular flexibility index (Phi) is 4.35. The second-order valence-corrected chi connectivity index (χ2v) is 7.14. The van der Waals surface area contributed by atoms with Gasteiger partial charge in [0.25, 0.3) is 0 Å². The van der Waals surface area contributed by atoms with Gasteiger partial charge in [-0.3, -0.25) is 0 Å². The van der Waals surface area contributed by atoms with Crippen LogP contribution in [0.15, 0.2) is 24.3 Å². The Balaban J connectivity index is 2.21. The normalized spacial score (nSPS) is 31.7. The molecule has 0 aliphatic heterocycles. The molecule has 2 N–H and O–H groups in total. The summed E-state index contributed by atoms with van der Waals surface area (Å²) in [6.07, 6.45) is 4.84. The predicted octanol–water partition coefficient (Wildman–Crippen LogP) is 4.33. The minimum atomic E-state index is -0.0143. The summed E-state index contributed by atoms with van der Waals surface area (Å²) >= 11 is 0. The Hall–Kier alpha value is -0.820. The summed E-state index contributed by atoms with van der Waals surface area (Å²) in [5.41, 5.74) is 9.61. The van der Waals surface area contributed by atoms with Crippen molar-refractivity contribution in [3.63, 3.8) is 0 Å². The molecular weight excluding hydrogens is 230 g/mol. The molecule has 1 aromatic carbocycles. The van der Waals surface area contributed by atoms with Crippen LogP contribution in [0.1, 0.15) is 51.2 Å². The Labute approximate surface area is 118 Å². The first-order chi connectivity index (χ1) is 8.90. The zero-order chi connectivity index (χ0) is 14.0. The summed E-state index contributed by atoms with van der Waals surface area (Å²) < 4.78 is 0. The van der Waals surface area contributed by atoms with Crippen molar-refractivity contribution in [3.05, 3.63) is 35.4 Å². The molecule has 0 saturated heterocycles. The molecule has 1 heteroatoms. The fourth-order valence-electron chi connectivity index (χ4n) is 4.06. The van der Waals surface area contributed by atoms with Crippen molar-refractivity contribution < 1.29 is 0 Å². The molecule has 1 aromatic rings. The van der Waals surface area contributed by atoms with Crippen molar-refractivity contribution in [1.82, 2.24) is 0 Å². The van der Waals surface area contributed by atoms with Gasteiger partial charge in [-0.2, -0.15) is 0 Å². The van der Waals surface area contributed by atoms with E-state index < -0.39 is 0 Å². The fraction of sp³-hybridized carbons (Fsp3) is 0.667. The first-order valence-electron chi connectivity index (χ1n) is 7.75. The van der Waals surface area contributed by atoms with Crippen LogP contribution in [0.3, 0.4) is 0 Å². The Morgan fingerprint density at radius 1 is 1.32 bits per heavy atom. The molecule has 1 aliphatic carbocycles. The van der Waals surface area contributed by atoms with Gasteiger partial charge < -0.3 is 5.73 Å². The second-order valence-electron chi connectivity index (χ2n) is 7.14. The van der Waals surface area contributed by atoms with Gasteiger partial charge in [-0.15, -0.1) is 0 Å². The van der Waals surface area contributed by atoms with Crippen molar-refractivity contribution in [2.24, 2.45) is 23.5 Å². The molecule has 1 saturated carbocycles. The van der Waals surface area contributed by atoms with Crippen LogP contribution >= 0.6 is 0 Å². The standard InChI is InChI=1S/C18H29N/c1-13(2)17-9-8-15(4)11-18(17,19)12-16-7-5-6-14(3)10-16/h5-7,10,13,15,17H,8-9,11-12,19H2,1-4H3. The van der Waals surface area contributed by atoms with Crippen LogP contribution in [0, 0.1) is 24.7 Å². The molecule has 0 heterocycles. The van der Waals surface area contributed by atoms with E-state index in [4.69, 9.17) is 5.73 Å². The van der Waals surface area contributed by atoms with Crippen molar-refractivity contribution in [3.8, 4) is 0 Å². The van der Waals surface area contributed by atoms with Gasteiger partial charge in [0.15, 0.2) is 0 Å². The highest BCUT2D eigenvalue weighted by Gasteiger charge is 2.41. The van der Waals surface area contributed by atoms with E-state index in [1.807, 2.05) is 0 Å². The molecule has 3 unspecified atom stereocenters. The van der Waals surface area contributed by atoms with Crippen LogP contribution in [0.2, 0.25) is 0 Å². The maximum absolute atomic E-state index is 6.88. The highest BCUT2D eigenvalue weighted by atomic mass is 14.8. The van der Waals surface area contributed by atoms with Gasteiger partial charge in [-0.1, -0.05) is 57.0 Å². The summed E-state index contributed by atoms with van der Waals surface area (Å²) in [5.74, 6) is 2.11. The van der Waals surface area contributed by atoms with Crippen LogP contribution < -0.4 is 5.73 Å². The van der Waals surface area contributed by atoms with Gasteiger partial charge in [-0.05, 0) is 49.5 Å². The van der Waals surface area contributed by atoms with Gasteiger partial charge in [0.2, 0.25) is 0 Å². The Morgan fingerprint density at radius 2 is 2.05 bits per heavy atom. The molecular formula is C18H29N. The van der Waals surface area contributed by atoms with Crippen molar-refractivity contribution in [2.45, 2.75) is 58.9 Å². The molecule has 1 nitrogen and oxygen atoms in total. The molecule has 1 fully saturated rings. The van der Waals surface area contributed by atoms with Gasteiger partial charge in [0.1, 0.15) is 0 Å². The van der Waals surface area contributed by atoms with Crippen LogP contribution in [-0.2, 0) is 6.42 Å². The zero-order valence-electron chi connectivity index (χ0n) is 12.9. The molecule has 1 aliphatic rings. The lowest BCUT2D eigenvalue weighted by atomic mass is 9.63. The monoisotopic (exact) mass is 259 g/mol. The minimum Gasteiger partial charge on any atom is -0.325 e. The first-order valence-corrected chi connectivity index (χ1v) is 7.75. The van der Waals surface area contributed by atoms with E-state index in [0.29, 0.717) is 11.8 Å². The van der Waals surface area contributed by atoms with Crippen molar-refractivity contribution >= 4 is 0 Å².